The minimum atomic E-state index is -1.02. The first kappa shape index (κ1) is 16.1. The van der Waals surface area contributed by atoms with Crippen molar-refractivity contribution in [3.05, 3.63) is 11.6 Å². The monoisotopic (exact) mass is 319 g/mol. The molecule has 0 aromatic carbocycles. The number of nitrogens with zero attached hydrogens (tertiary/aromatic N) is 1. The van der Waals surface area contributed by atoms with Gasteiger partial charge < -0.3 is 9.84 Å². The summed E-state index contributed by atoms with van der Waals surface area (Å²) < 4.78 is 6.46. The molecule has 2 bridgehead atoms. The standard InChI is InChI=1S/C20H33NO2/c1-14(2)18-12-19-15(3)7-8-17(19)16(11-20(18,22)23-19)13-21-9-5-4-6-10-21/h11,14-15,17-18,22H,4-10,12-13H2,1-3H3/t15-,17?,18-,19-,20-/m0/s1. The van der Waals surface area contributed by atoms with Gasteiger partial charge in [-0.3, -0.25) is 4.90 Å². The maximum atomic E-state index is 11.3. The lowest BCUT2D eigenvalue weighted by atomic mass is 9.76. The summed E-state index contributed by atoms with van der Waals surface area (Å²) in [5, 5.41) is 11.3. The Morgan fingerprint density at radius 1 is 1.26 bits per heavy atom. The van der Waals surface area contributed by atoms with E-state index < -0.39 is 5.79 Å². The van der Waals surface area contributed by atoms with Crippen LogP contribution in [-0.4, -0.2) is 41.0 Å². The van der Waals surface area contributed by atoms with Gasteiger partial charge in [-0.25, -0.2) is 0 Å². The van der Waals surface area contributed by atoms with E-state index in [1.54, 1.807) is 0 Å². The van der Waals surface area contributed by atoms with Crippen LogP contribution in [0.5, 0.6) is 0 Å². The fraction of sp³-hybridized carbons (Fsp3) is 0.900. The van der Waals surface area contributed by atoms with Gasteiger partial charge in [-0.2, -0.15) is 0 Å². The van der Waals surface area contributed by atoms with Gasteiger partial charge in [0.1, 0.15) is 0 Å². The van der Waals surface area contributed by atoms with Crippen molar-refractivity contribution in [2.24, 2.45) is 23.7 Å². The summed E-state index contributed by atoms with van der Waals surface area (Å²) in [5.74, 6) is 0.771. The maximum Gasteiger partial charge on any atom is 0.189 e. The average molecular weight is 319 g/mol. The minimum absolute atomic E-state index is 0.0937. The van der Waals surface area contributed by atoms with E-state index in [1.807, 2.05) is 0 Å². The van der Waals surface area contributed by atoms with Gasteiger partial charge in [0.2, 0.25) is 0 Å². The molecule has 3 aliphatic heterocycles. The van der Waals surface area contributed by atoms with Crippen LogP contribution in [0.1, 0.15) is 59.3 Å². The number of piperidine rings is 1. The molecule has 0 amide bonds. The predicted octanol–water partition coefficient (Wildman–Crippen LogP) is 3.58. The fourth-order valence-corrected chi connectivity index (χ4v) is 5.92. The summed E-state index contributed by atoms with van der Waals surface area (Å²) in [6.45, 7) is 10.3. The normalized spacial score (nSPS) is 47.0. The van der Waals surface area contributed by atoms with Crippen molar-refractivity contribution < 1.29 is 9.84 Å². The van der Waals surface area contributed by atoms with Crippen LogP contribution in [0.3, 0.4) is 0 Å². The third-order valence-corrected chi connectivity index (χ3v) is 7.24. The second-order valence-corrected chi connectivity index (χ2v) is 8.95. The molecule has 130 valence electrons. The van der Waals surface area contributed by atoms with Gasteiger partial charge in [0.05, 0.1) is 5.60 Å². The Morgan fingerprint density at radius 2 is 2.00 bits per heavy atom. The van der Waals surface area contributed by atoms with Crippen LogP contribution in [-0.2, 0) is 4.74 Å². The molecule has 5 atom stereocenters. The second-order valence-electron chi connectivity index (χ2n) is 8.95. The molecule has 1 saturated carbocycles. The van der Waals surface area contributed by atoms with Crippen LogP contribution in [0.4, 0.5) is 0 Å². The van der Waals surface area contributed by atoms with E-state index in [9.17, 15) is 5.11 Å². The molecule has 4 rings (SSSR count). The molecule has 4 aliphatic rings. The average Bonchev–Trinajstić information content (AvgIpc) is 2.96. The Bertz CT molecular complexity index is 496. The molecule has 3 heterocycles. The molecule has 0 radical (unpaired) electrons. The second kappa shape index (κ2) is 5.57. The van der Waals surface area contributed by atoms with Gasteiger partial charge in [0.15, 0.2) is 5.79 Å². The first-order chi connectivity index (χ1) is 10.9. The van der Waals surface area contributed by atoms with Gasteiger partial charge in [-0.15, -0.1) is 0 Å². The zero-order chi connectivity index (χ0) is 16.2. The van der Waals surface area contributed by atoms with E-state index in [-0.39, 0.29) is 11.5 Å². The third kappa shape index (κ3) is 2.42. The molecule has 1 N–H and O–H groups in total. The van der Waals surface area contributed by atoms with E-state index in [1.165, 1.54) is 50.8 Å². The molecule has 1 aliphatic carbocycles. The lowest BCUT2D eigenvalue weighted by molar-refractivity contribution is -0.233. The van der Waals surface area contributed by atoms with Crippen LogP contribution in [0.15, 0.2) is 11.6 Å². The zero-order valence-corrected chi connectivity index (χ0v) is 15.1. The van der Waals surface area contributed by atoms with Crippen molar-refractivity contribution in [1.82, 2.24) is 4.90 Å². The van der Waals surface area contributed by atoms with Crippen LogP contribution in [0, 0.1) is 23.7 Å². The van der Waals surface area contributed by atoms with Gasteiger partial charge >= 0.3 is 0 Å². The number of hydrogen-bond donors (Lipinski definition) is 1. The van der Waals surface area contributed by atoms with Crippen LogP contribution in [0.2, 0.25) is 0 Å². The molecule has 3 nitrogen and oxygen atoms in total. The largest absolute Gasteiger partial charge is 0.362 e. The molecule has 3 heteroatoms. The van der Waals surface area contributed by atoms with E-state index in [2.05, 4.69) is 31.7 Å². The summed E-state index contributed by atoms with van der Waals surface area (Å²) in [4.78, 5) is 2.60. The molecule has 1 unspecified atom stereocenters. The summed E-state index contributed by atoms with van der Waals surface area (Å²) in [6.07, 6.45) is 9.68. The number of fused-ring (bicyclic) bond motifs is 1. The lowest BCUT2D eigenvalue weighted by Gasteiger charge is -2.43. The van der Waals surface area contributed by atoms with Crippen LogP contribution >= 0.6 is 0 Å². The molecule has 3 fully saturated rings. The topological polar surface area (TPSA) is 32.7 Å². The highest BCUT2D eigenvalue weighted by atomic mass is 16.6. The van der Waals surface area contributed by atoms with Crippen molar-refractivity contribution in [2.45, 2.75) is 70.7 Å². The Kier molecular flexibility index (Phi) is 3.90. The van der Waals surface area contributed by atoms with Gasteiger partial charge in [0.25, 0.3) is 0 Å². The van der Waals surface area contributed by atoms with E-state index in [0.29, 0.717) is 17.8 Å². The predicted molar refractivity (Wildman–Crippen MR) is 92.0 cm³/mol. The van der Waals surface area contributed by atoms with Crippen LogP contribution in [0.25, 0.3) is 0 Å². The highest BCUT2D eigenvalue weighted by molar-refractivity contribution is 5.30. The highest BCUT2D eigenvalue weighted by Crippen LogP contribution is 2.62. The van der Waals surface area contributed by atoms with Crippen molar-refractivity contribution >= 4 is 0 Å². The fourth-order valence-electron chi connectivity index (χ4n) is 5.92. The Hall–Kier alpha value is -0.380. The first-order valence-corrected chi connectivity index (χ1v) is 9.81. The van der Waals surface area contributed by atoms with E-state index >= 15 is 0 Å². The molecular formula is C20H33NO2. The molecule has 0 aromatic heterocycles. The summed E-state index contributed by atoms with van der Waals surface area (Å²) in [5.41, 5.74) is 1.39. The van der Waals surface area contributed by atoms with E-state index in [4.69, 9.17) is 4.74 Å². The smallest absolute Gasteiger partial charge is 0.189 e. The van der Waals surface area contributed by atoms with Crippen molar-refractivity contribution in [3.63, 3.8) is 0 Å². The quantitative estimate of drug-likeness (QED) is 0.807. The molecule has 1 spiro atoms. The van der Waals surface area contributed by atoms with Crippen molar-refractivity contribution in [1.29, 1.82) is 0 Å². The number of rotatable bonds is 3. The Labute approximate surface area is 141 Å². The van der Waals surface area contributed by atoms with Crippen molar-refractivity contribution in [3.8, 4) is 0 Å². The third-order valence-electron chi connectivity index (χ3n) is 7.24. The van der Waals surface area contributed by atoms with Gasteiger partial charge in [-0.05, 0) is 68.7 Å². The summed E-state index contributed by atoms with van der Waals surface area (Å²) in [7, 11) is 0. The maximum absolute atomic E-state index is 11.3. The summed E-state index contributed by atoms with van der Waals surface area (Å²) >= 11 is 0. The van der Waals surface area contributed by atoms with Gasteiger partial charge in [0, 0.05) is 18.4 Å². The Morgan fingerprint density at radius 3 is 2.70 bits per heavy atom. The molecule has 23 heavy (non-hydrogen) atoms. The van der Waals surface area contributed by atoms with Crippen LogP contribution < -0.4 is 0 Å². The first-order valence-electron chi connectivity index (χ1n) is 9.81. The lowest BCUT2D eigenvalue weighted by Crippen LogP contribution is -2.48. The highest BCUT2D eigenvalue weighted by Gasteiger charge is 2.65. The molecule has 0 aromatic rings. The minimum Gasteiger partial charge on any atom is -0.362 e. The number of hydrogen-bond acceptors (Lipinski definition) is 3. The SMILES string of the molecule is CC(C)[C@@H]1C[C@@]23O[C@@]1(O)C=C(CN1CCCCC1)C2CC[C@@H]3C. The number of ether oxygens (including phenoxy) is 1. The zero-order valence-electron chi connectivity index (χ0n) is 15.1. The molecule has 2 saturated heterocycles. The van der Waals surface area contributed by atoms with E-state index in [0.717, 1.165) is 13.0 Å². The van der Waals surface area contributed by atoms with Gasteiger partial charge in [-0.1, -0.05) is 27.2 Å². The number of likely N-dealkylation sites (tertiary alicyclic amines) is 1. The van der Waals surface area contributed by atoms with Crippen molar-refractivity contribution in [2.75, 3.05) is 19.6 Å². The molecular weight excluding hydrogens is 286 g/mol. The summed E-state index contributed by atoms with van der Waals surface area (Å²) in [6, 6.07) is 0. The number of aliphatic hydroxyl groups is 1. The Balaban J connectivity index is 1.66.